The average molecular weight is 228 g/mol. The molecular formula is C14H16N2O. The number of fused-ring (bicyclic) bond motifs is 1. The van der Waals surface area contributed by atoms with Gasteiger partial charge in [-0.15, -0.1) is 5.73 Å². The number of allylic oxidation sites excluding steroid dienone is 2. The molecule has 3 atom stereocenters. The molecule has 1 heterocycles. The lowest BCUT2D eigenvalue weighted by Crippen LogP contribution is -2.42. The maximum Gasteiger partial charge on any atom is 0.155 e. The Bertz CT molecular complexity index is 492. The third-order valence-corrected chi connectivity index (χ3v) is 3.39. The Morgan fingerprint density at radius 1 is 1.65 bits per heavy atom. The van der Waals surface area contributed by atoms with Crippen LogP contribution in [0.15, 0.2) is 51.2 Å². The van der Waals surface area contributed by atoms with Gasteiger partial charge < -0.3 is 5.11 Å². The molecule has 0 saturated carbocycles. The molecule has 3 nitrogen and oxygen atoms in total. The van der Waals surface area contributed by atoms with Crippen LogP contribution >= 0.6 is 0 Å². The molecule has 0 aromatic rings. The van der Waals surface area contributed by atoms with Gasteiger partial charge in [-0.3, -0.25) is 9.98 Å². The van der Waals surface area contributed by atoms with Gasteiger partial charge in [-0.05, 0) is 37.8 Å². The van der Waals surface area contributed by atoms with Gasteiger partial charge in [-0.1, -0.05) is 18.2 Å². The van der Waals surface area contributed by atoms with Crippen LogP contribution in [0.25, 0.3) is 0 Å². The average Bonchev–Trinajstić information content (AvgIpc) is 2.52. The number of nitrogens with zero attached hydrogens (tertiary/aromatic N) is 2. The zero-order valence-electron chi connectivity index (χ0n) is 10.1. The van der Waals surface area contributed by atoms with E-state index < -0.39 is 11.6 Å². The van der Waals surface area contributed by atoms with Gasteiger partial charge in [0.15, 0.2) is 6.23 Å². The van der Waals surface area contributed by atoms with Crippen molar-refractivity contribution in [2.24, 2.45) is 15.4 Å². The summed E-state index contributed by atoms with van der Waals surface area (Å²) < 4.78 is 0. The molecular weight excluding hydrogens is 212 g/mol. The highest BCUT2D eigenvalue weighted by Gasteiger charge is 2.42. The molecule has 2 aliphatic rings. The van der Waals surface area contributed by atoms with E-state index in [2.05, 4.69) is 22.4 Å². The molecule has 88 valence electrons. The summed E-state index contributed by atoms with van der Waals surface area (Å²) >= 11 is 0. The van der Waals surface area contributed by atoms with Gasteiger partial charge in [0.25, 0.3) is 0 Å². The fourth-order valence-corrected chi connectivity index (χ4v) is 2.25. The Balaban J connectivity index is 2.51. The lowest BCUT2D eigenvalue weighted by molar-refractivity contribution is 0.0687. The molecule has 2 rings (SSSR count). The largest absolute Gasteiger partial charge is 0.371 e. The van der Waals surface area contributed by atoms with Gasteiger partial charge in [0.05, 0.1) is 11.5 Å². The number of hydrogen-bond donors (Lipinski definition) is 1. The lowest BCUT2D eigenvalue weighted by Gasteiger charge is -2.37. The summed E-state index contributed by atoms with van der Waals surface area (Å²) in [5.74, 6) is 0. The SMILES string of the molecule is C=NC(O)C1(C)C=CC=C2C(C)=C=CC=NC21. The molecule has 0 bridgehead atoms. The molecule has 0 aromatic heterocycles. The predicted octanol–water partition coefficient (Wildman–Crippen LogP) is 2.06. The Hall–Kier alpha value is -1.70. The predicted molar refractivity (Wildman–Crippen MR) is 70.4 cm³/mol. The molecule has 0 fully saturated rings. The fraction of sp³-hybridized carbons (Fsp3) is 0.357. The molecule has 17 heavy (non-hydrogen) atoms. The van der Waals surface area contributed by atoms with Crippen LogP contribution in [-0.2, 0) is 0 Å². The Morgan fingerprint density at radius 2 is 2.41 bits per heavy atom. The maximum absolute atomic E-state index is 10.0. The van der Waals surface area contributed by atoms with E-state index in [1.54, 1.807) is 12.3 Å². The highest BCUT2D eigenvalue weighted by molar-refractivity contribution is 5.73. The zero-order chi connectivity index (χ0) is 12.5. The van der Waals surface area contributed by atoms with Gasteiger partial charge in [-0.25, -0.2) is 0 Å². The van der Waals surface area contributed by atoms with Crippen molar-refractivity contribution >= 4 is 12.9 Å². The zero-order valence-corrected chi connectivity index (χ0v) is 10.1. The summed E-state index contributed by atoms with van der Waals surface area (Å²) in [4.78, 5) is 8.23. The second-order valence-electron chi connectivity index (χ2n) is 4.54. The summed E-state index contributed by atoms with van der Waals surface area (Å²) in [6.45, 7) is 7.36. The van der Waals surface area contributed by atoms with Gasteiger partial charge >= 0.3 is 0 Å². The number of rotatable bonds is 2. The van der Waals surface area contributed by atoms with Crippen LogP contribution in [0.4, 0.5) is 0 Å². The van der Waals surface area contributed by atoms with E-state index in [9.17, 15) is 5.11 Å². The van der Waals surface area contributed by atoms with Gasteiger partial charge in [-0.2, -0.15) is 0 Å². The molecule has 0 radical (unpaired) electrons. The summed E-state index contributed by atoms with van der Waals surface area (Å²) in [6, 6.07) is -0.140. The first-order chi connectivity index (χ1) is 8.09. The number of hydrogen-bond acceptors (Lipinski definition) is 3. The highest BCUT2D eigenvalue weighted by Crippen LogP contribution is 2.40. The first-order valence-electron chi connectivity index (χ1n) is 5.58. The Labute approximate surface area is 101 Å². The summed E-state index contributed by atoms with van der Waals surface area (Å²) in [5.41, 5.74) is 4.71. The topological polar surface area (TPSA) is 45.0 Å². The second-order valence-corrected chi connectivity index (χ2v) is 4.54. The first-order valence-corrected chi connectivity index (χ1v) is 5.58. The third kappa shape index (κ3) is 1.84. The van der Waals surface area contributed by atoms with Crippen LogP contribution in [0.2, 0.25) is 0 Å². The van der Waals surface area contributed by atoms with Crippen LogP contribution in [0.5, 0.6) is 0 Å². The van der Waals surface area contributed by atoms with Crippen molar-refractivity contribution < 1.29 is 5.11 Å². The minimum Gasteiger partial charge on any atom is -0.371 e. The van der Waals surface area contributed by atoms with Crippen LogP contribution in [0, 0.1) is 5.41 Å². The summed E-state index contributed by atoms with van der Waals surface area (Å²) in [5, 5.41) is 10.0. The number of aliphatic hydroxyl groups excluding tert-OH is 1. The number of aliphatic hydroxyl groups is 1. The first kappa shape index (κ1) is 11.8. The van der Waals surface area contributed by atoms with E-state index in [1.807, 2.05) is 32.1 Å². The van der Waals surface area contributed by atoms with Crippen molar-refractivity contribution in [2.45, 2.75) is 26.1 Å². The van der Waals surface area contributed by atoms with E-state index in [1.165, 1.54) is 0 Å². The van der Waals surface area contributed by atoms with E-state index in [-0.39, 0.29) is 6.04 Å². The van der Waals surface area contributed by atoms with Crippen molar-refractivity contribution in [3.05, 3.63) is 41.2 Å². The van der Waals surface area contributed by atoms with Crippen molar-refractivity contribution in [3.8, 4) is 0 Å². The van der Waals surface area contributed by atoms with Gasteiger partial charge in [0.1, 0.15) is 0 Å². The van der Waals surface area contributed by atoms with Gasteiger partial charge in [0.2, 0.25) is 0 Å². The fourth-order valence-electron chi connectivity index (χ4n) is 2.25. The smallest absolute Gasteiger partial charge is 0.155 e. The van der Waals surface area contributed by atoms with E-state index >= 15 is 0 Å². The highest BCUT2D eigenvalue weighted by atomic mass is 16.3. The van der Waals surface area contributed by atoms with Crippen molar-refractivity contribution in [1.29, 1.82) is 0 Å². The minimum atomic E-state index is -0.865. The quantitative estimate of drug-likeness (QED) is 0.570. The maximum atomic E-state index is 10.0. The van der Waals surface area contributed by atoms with Crippen LogP contribution in [0.1, 0.15) is 13.8 Å². The second kappa shape index (κ2) is 4.28. The molecule has 0 amide bonds. The molecule has 0 saturated heterocycles. The standard InChI is InChI=1S/C14H16N2O/c1-10-6-5-9-16-12-11(10)7-4-8-14(12,2)13(17)15-3/h4-5,7-9,12-13,17H,3H2,1-2H3. The van der Waals surface area contributed by atoms with E-state index in [0.29, 0.717) is 0 Å². The number of aliphatic imine (C=N–C) groups is 2. The van der Waals surface area contributed by atoms with Crippen molar-refractivity contribution in [1.82, 2.24) is 0 Å². The monoisotopic (exact) mass is 228 g/mol. The van der Waals surface area contributed by atoms with Gasteiger partial charge in [0, 0.05) is 6.21 Å². The summed E-state index contributed by atoms with van der Waals surface area (Å²) in [6.07, 6.45) is 8.55. The molecule has 1 aliphatic carbocycles. The Morgan fingerprint density at radius 3 is 3.12 bits per heavy atom. The van der Waals surface area contributed by atoms with Crippen LogP contribution in [0.3, 0.4) is 0 Å². The van der Waals surface area contributed by atoms with E-state index in [4.69, 9.17) is 0 Å². The minimum absolute atomic E-state index is 0.140. The molecule has 3 heteroatoms. The Kier molecular flexibility index (Phi) is 2.97. The van der Waals surface area contributed by atoms with Crippen molar-refractivity contribution in [3.63, 3.8) is 0 Å². The lowest BCUT2D eigenvalue weighted by atomic mass is 9.73. The molecule has 1 aliphatic heterocycles. The van der Waals surface area contributed by atoms with E-state index in [0.717, 1.165) is 11.1 Å². The molecule has 0 aromatic carbocycles. The van der Waals surface area contributed by atoms with Crippen LogP contribution < -0.4 is 0 Å². The third-order valence-electron chi connectivity index (χ3n) is 3.39. The molecule has 3 unspecified atom stereocenters. The molecule has 0 spiro atoms. The molecule has 1 N–H and O–H groups in total. The van der Waals surface area contributed by atoms with Crippen molar-refractivity contribution in [2.75, 3.05) is 0 Å². The normalized spacial score (nSPS) is 32.3. The van der Waals surface area contributed by atoms with Crippen LogP contribution in [-0.4, -0.2) is 30.3 Å². The summed E-state index contributed by atoms with van der Waals surface area (Å²) in [7, 11) is 0.